The van der Waals surface area contributed by atoms with Crippen molar-refractivity contribution in [1.29, 1.82) is 0 Å². The third-order valence-electron chi connectivity index (χ3n) is 1.88. The van der Waals surface area contributed by atoms with Crippen LogP contribution < -0.4 is 0 Å². The molecule has 1 aromatic carbocycles. The van der Waals surface area contributed by atoms with Gasteiger partial charge >= 0.3 is 5.97 Å². The lowest BCUT2D eigenvalue weighted by Gasteiger charge is -1.96. The van der Waals surface area contributed by atoms with Crippen molar-refractivity contribution in [2.75, 3.05) is 0 Å². The Morgan fingerprint density at radius 1 is 1.44 bits per heavy atom. The highest BCUT2D eigenvalue weighted by molar-refractivity contribution is 7.17. The minimum atomic E-state index is -1.16. The number of aromatic nitrogens is 1. The van der Waals surface area contributed by atoms with Crippen molar-refractivity contribution in [1.82, 2.24) is 4.98 Å². The van der Waals surface area contributed by atoms with Crippen molar-refractivity contribution in [3.8, 4) is 10.6 Å². The Labute approximate surface area is 99.1 Å². The van der Waals surface area contributed by atoms with Crippen molar-refractivity contribution in [3.63, 3.8) is 0 Å². The number of hydrogen-bond acceptors (Lipinski definition) is 3. The van der Waals surface area contributed by atoms with Gasteiger partial charge in [0.15, 0.2) is 10.0 Å². The minimum Gasteiger partial charge on any atom is -0.477 e. The molecule has 0 atom stereocenters. The van der Waals surface area contributed by atoms with Crippen LogP contribution in [0.1, 0.15) is 9.67 Å². The maximum atomic E-state index is 13.4. The van der Waals surface area contributed by atoms with Gasteiger partial charge in [0.05, 0.1) is 0 Å². The normalized spacial score (nSPS) is 10.4. The first-order valence-corrected chi connectivity index (χ1v) is 5.43. The molecule has 0 aliphatic heterocycles. The van der Waals surface area contributed by atoms with Gasteiger partial charge in [-0.2, -0.15) is 0 Å². The van der Waals surface area contributed by atoms with Crippen LogP contribution in [0.25, 0.3) is 10.6 Å². The summed E-state index contributed by atoms with van der Waals surface area (Å²) in [7, 11) is 0. The van der Waals surface area contributed by atoms with Crippen LogP contribution in [0.2, 0.25) is 5.15 Å². The standard InChI is InChI=1S/C10H5ClFNO2S/c11-8-7(10(14)15)16-9(13-8)5-3-1-2-4-6(5)12/h1-4H,(H,14,15). The maximum absolute atomic E-state index is 13.4. The van der Waals surface area contributed by atoms with Gasteiger partial charge in [0, 0.05) is 5.56 Å². The summed E-state index contributed by atoms with van der Waals surface area (Å²) < 4.78 is 13.4. The molecule has 0 spiro atoms. The summed E-state index contributed by atoms with van der Waals surface area (Å²) in [5.41, 5.74) is 0.252. The molecule has 2 rings (SSSR count). The highest BCUT2D eigenvalue weighted by Crippen LogP contribution is 2.32. The molecule has 0 radical (unpaired) electrons. The number of rotatable bonds is 2. The number of aromatic carboxylic acids is 1. The molecule has 0 aliphatic rings. The molecular formula is C10H5ClFNO2S. The number of thiazole rings is 1. The van der Waals surface area contributed by atoms with Crippen LogP contribution in [0, 0.1) is 5.82 Å². The number of carboxylic acids is 1. The molecule has 1 heterocycles. The summed E-state index contributed by atoms with van der Waals surface area (Å²) in [6.07, 6.45) is 0. The Kier molecular flexibility index (Phi) is 2.89. The van der Waals surface area contributed by atoms with Crippen LogP contribution >= 0.6 is 22.9 Å². The van der Waals surface area contributed by atoms with E-state index in [1.807, 2.05) is 0 Å². The summed E-state index contributed by atoms with van der Waals surface area (Å²) in [5.74, 6) is -1.62. The lowest BCUT2D eigenvalue weighted by atomic mass is 10.2. The second-order valence-corrected chi connectivity index (χ2v) is 4.28. The van der Waals surface area contributed by atoms with Gasteiger partial charge in [0.2, 0.25) is 0 Å². The van der Waals surface area contributed by atoms with Gasteiger partial charge in [-0.1, -0.05) is 23.7 Å². The third kappa shape index (κ3) is 1.91. The zero-order valence-corrected chi connectivity index (χ0v) is 9.35. The average molecular weight is 258 g/mol. The lowest BCUT2D eigenvalue weighted by molar-refractivity contribution is 0.0702. The average Bonchev–Trinajstić information content (AvgIpc) is 2.61. The molecule has 3 nitrogen and oxygen atoms in total. The lowest BCUT2D eigenvalue weighted by Crippen LogP contribution is -1.91. The number of hydrogen-bond donors (Lipinski definition) is 1. The zero-order valence-electron chi connectivity index (χ0n) is 7.78. The van der Waals surface area contributed by atoms with E-state index in [-0.39, 0.29) is 20.6 Å². The van der Waals surface area contributed by atoms with E-state index in [4.69, 9.17) is 16.7 Å². The molecule has 0 aliphatic carbocycles. The smallest absolute Gasteiger partial charge is 0.349 e. The molecule has 0 unspecified atom stereocenters. The molecule has 0 fully saturated rings. The Balaban J connectivity index is 2.54. The van der Waals surface area contributed by atoms with E-state index < -0.39 is 11.8 Å². The summed E-state index contributed by atoms with van der Waals surface area (Å²) in [6, 6.07) is 6.00. The Bertz CT molecular complexity index is 556. The van der Waals surface area contributed by atoms with Gasteiger partial charge in [0.25, 0.3) is 0 Å². The van der Waals surface area contributed by atoms with Crippen molar-refractivity contribution < 1.29 is 14.3 Å². The first-order chi connectivity index (χ1) is 7.59. The quantitative estimate of drug-likeness (QED) is 0.898. The fraction of sp³-hybridized carbons (Fsp3) is 0. The second kappa shape index (κ2) is 4.19. The maximum Gasteiger partial charge on any atom is 0.349 e. The number of nitrogens with zero attached hydrogens (tertiary/aromatic N) is 1. The van der Waals surface area contributed by atoms with Crippen LogP contribution in [-0.4, -0.2) is 16.1 Å². The molecule has 82 valence electrons. The number of carbonyl (C=O) groups is 1. The molecule has 1 aromatic heterocycles. The predicted octanol–water partition coefficient (Wildman–Crippen LogP) is 3.30. The molecule has 0 saturated carbocycles. The van der Waals surface area contributed by atoms with Crippen LogP contribution in [-0.2, 0) is 0 Å². The van der Waals surface area contributed by atoms with Crippen molar-refractivity contribution in [3.05, 3.63) is 40.1 Å². The molecule has 1 N–H and O–H groups in total. The van der Waals surface area contributed by atoms with Gasteiger partial charge in [0.1, 0.15) is 10.8 Å². The van der Waals surface area contributed by atoms with Gasteiger partial charge in [-0.25, -0.2) is 14.2 Å². The Hall–Kier alpha value is -1.46. The van der Waals surface area contributed by atoms with Crippen molar-refractivity contribution in [2.45, 2.75) is 0 Å². The first-order valence-electron chi connectivity index (χ1n) is 4.24. The van der Waals surface area contributed by atoms with Crippen LogP contribution in [0.15, 0.2) is 24.3 Å². The first kappa shape index (κ1) is 11.0. The highest BCUT2D eigenvalue weighted by atomic mass is 35.5. The summed E-state index contributed by atoms with van der Waals surface area (Å²) in [4.78, 5) is 14.5. The molecule has 6 heteroatoms. The van der Waals surface area contributed by atoms with Crippen LogP contribution in [0.3, 0.4) is 0 Å². The highest BCUT2D eigenvalue weighted by Gasteiger charge is 2.18. The molecule has 0 bridgehead atoms. The van der Waals surface area contributed by atoms with Crippen molar-refractivity contribution in [2.24, 2.45) is 0 Å². The Morgan fingerprint density at radius 2 is 2.12 bits per heavy atom. The van der Waals surface area contributed by atoms with E-state index >= 15 is 0 Å². The van der Waals surface area contributed by atoms with E-state index in [0.717, 1.165) is 11.3 Å². The molecule has 0 amide bonds. The SMILES string of the molecule is O=C(O)c1sc(-c2ccccc2F)nc1Cl. The van der Waals surface area contributed by atoms with Gasteiger partial charge in [-0.05, 0) is 12.1 Å². The minimum absolute atomic E-state index is 0.0834. The molecular weight excluding hydrogens is 253 g/mol. The number of benzene rings is 1. The largest absolute Gasteiger partial charge is 0.477 e. The monoisotopic (exact) mass is 257 g/mol. The number of carboxylic acid groups (broad SMARTS) is 1. The topological polar surface area (TPSA) is 50.2 Å². The third-order valence-corrected chi connectivity index (χ3v) is 3.35. The van der Waals surface area contributed by atoms with Crippen LogP contribution in [0.4, 0.5) is 4.39 Å². The van der Waals surface area contributed by atoms with Gasteiger partial charge < -0.3 is 5.11 Å². The molecule has 0 saturated heterocycles. The summed E-state index contributed by atoms with van der Waals surface area (Å²) >= 11 is 6.49. The van der Waals surface area contributed by atoms with Crippen LogP contribution in [0.5, 0.6) is 0 Å². The number of halogens is 2. The second-order valence-electron chi connectivity index (χ2n) is 2.92. The van der Waals surface area contributed by atoms with E-state index in [9.17, 15) is 9.18 Å². The van der Waals surface area contributed by atoms with Crippen molar-refractivity contribution >= 4 is 28.9 Å². The molecule has 16 heavy (non-hydrogen) atoms. The van der Waals surface area contributed by atoms with E-state index in [0.29, 0.717) is 0 Å². The molecule has 2 aromatic rings. The van der Waals surface area contributed by atoms with Gasteiger partial charge in [-0.3, -0.25) is 0 Å². The predicted molar refractivity (Wildman–Crippen MR) is 59.5 cm³/mol. The van der Waals surface area contributed by atoms with E-state index in [2.05, 4.69) is 4.98 Å². The fourth-order valence-electron chi connectivity index (χ4n) is 1.18. The van der Waals surface area contributed by atoms with E-state index in [1.165, 1.54) is 12.1 Å². The zero-order chi connectivity index (χ0) is 11.7. The summed E-state index contributed by atoms with van der Waals surface area (Å²) in [6.45, 7) is 0. The van der Waals surface area contributed by atoms with Gasteiger partial charge in [-0.15, -0.1) is 11.3 Å². The summed E-state index contributed by atoms with van der Waals surface area (Å²) in [5, 5.41) is 8.94. The Morgan fingerprint density at radius 3 is 2.69 bits per heavy atom. The fourth-order valence-corrected chi connectivity index (χ4v) is 2.34. The van der Waals surface area contributed by atoms with E-state index in [1.54, 1.807) is 12.1 Å².